The van der Waals surface area contributed by atoms with E-state index >= 15 is 0 Å². The number of rotatable bonds is 6. The number of aliphatic carboxylic acids is 1. The maximum atomic E-state index is 12.7. The summed E-state index contributed by atoms with van der Waals surface area (Å²) in [5.74, 6) is -2.65. The fourth-order valence-corrected chi connectivity index (χ4v) is 5.11. The summed E-state index contributed by atoms with van der Waals surface area (Å²) in [5, 5.41) is 29.2. The van der Waals surface area contributed by atoms with E-state index < -0.39 is 34.9 Å². The molecule has 31 heavy (non-hydrogen) atoms. The lowest BCUT2D eigenvalue weighted by atomic mass is 10.0. The fourth-order valence-electron chi connectivity index (χ4n) is 2.93. The first-order chi connectivity index (χ1) is 14.9. The van der Waals surface area contributed by atoms with E-state index in [1.165, 1.54) is 11.8 Å². The average Bonchev–Trinajstić information content (AvgIpc) is 3.42. The summed E-state index contributed by atoms with van der Waals surface area (Å²) < 4.78 is 7.53. The standard InChI is InChI=1S/C15H12N8O5S3/c16-15-18-10(21-31-15)7(20-28)11(24)17-8-12(25)23-9(14(26)27)5(3-29-13(8)23)1-2-6-4-30-22-19-6/h1-2,4,8,13,28H,3H2,(H,17,24)(H,26,27)(H2,16,18,21)/b2-1-,20-7+. The van der Waals surface area contributed by atoms with Gasteiger partial charge in [0.15, 0.2) is 5.13 Å². The van der Waals surface area contributed by atoms with Crippen molar-refractivity contribution in [2.75, 3.05) is 11.5 Å². The Hall–Kier alpha value is -3.37. The second kappa shape index (κ2) is 8.40. The summed E-state index contributed by atoms with van der Waals surface area (Å²) in [6.07, 6.45) is 3.19. The number of anilines is 1. The van der Waals surface area contributed by atoms with Crippen LogP contribution in [0.4, 0.5) is 5.13 Å². The van der Waals surface area contributed by atoms with Gasteiger partial charge >= 0.3 is 5.97 Å². The maximum Gasteiger partial charge on any atom is 0.352 e. The Morgan fingerprint density at radius 1 is 1.39 bits per heavy atom. The predicted molar refractivity (Wildman–Crippen MR) is 111 cm³/mol. The van der Waals surface area contributed by atoms with Crippen molar-refractivity contribution in [3.63, 3.8) is 0 Å². The first kappa shape index (κ1) is 20.9. The zero-order chi connectivity index (χ0) is 22.1. The molecular formula is C15H12N8O5S3. The molecule has 2 aliphatic rings. The number of carboxylic acids is 1. The third-order valence-corrected chi connectivity index (χ3v) is 6.66. The molecule has 2 aromatic rings. The van der Waals surface area contributed by atoms with Crippen LogP contribution in [0.25, 0.3) is 6.08 Å². The van der Waals surface area contributed by atoms with Gasteiger partial charge in [0.2, 0.25) is 11.5 Å². The number of carbonyl (C=O) groups excluding carboxylic acids is 2. The number of fused-ring (bicyclic) bond motifs is 1. The van der Waals surface area contributed by atoms with E-state index in [2.05, 4.69) is 29.4 Å². The number of allylic oxidation sites excluding steroid dienone is 1. The molecule has 16 heteroatoms. The second-order valence-electron chi connectivity index (χ2n) is 6.11. The third-order valence-electron chi connectivity index (χ3n) is 4.29. The zero-order valence-corrected chi connectivity index (χ0v) is 17.6. The summed E-state index contributed by atoms with van der Waals surface area (Å²) in [7, 11) is 0. The molecule has 0 aliphatic carbocycles. The Morgan fingerprint density at radius 2 is 2.19 bits per heavy atom. The number of hydrogen-bond acceptors (Lipinski definition) is 13. The molecule has 2 aliphatic heterocycles. The summed E-state index contributed by atoms with van der Waals surface area (Å²) in [4.78, 5) is 41.9. The van der Waals surface area contributed by atoms with Crippen molar-refractivity contribution in [3.05, 3.63) is 34.2 Å². The van der Waals surface area contributed by atoms with Crippen LogP contribution >= 0.6 is 34.8 Å². The van der Waals surface area contributed by atoms with E-state index in [4.69, 9.17) is 10.9 Å². The first-order valence-corrected chi connectivity index (χ1v) is 11.0. The van der Waals surface area contributed by atoms with E-state index in [0.717, 1.165) is 28.0 Å². The van der Waals surface area contributed by atoms with Crippen LogP contribution < -0.4 is 11.1 Å². The van der Waals surface area contributed by atoms with Crippen LogP contribution in [0.3, 0.4) is 0 Å². The molecule has 2 aromatic heterocycles. The Kier molecular flexibility index (Phi) is 5.66. The van der Waals surface area contributed by atoms with E-state index in [1.807, 2.05) is 0 Å². The van der Waals surface area contributed by atoms with Crippen LogP contribution in [0.15, 0.2) is 27.9 Å². The summed E-state index contributed by atoms with van der Waals surface area (Å²) >= 11 is 3.25. The molecule has 2 unspecified atom stereocenters. The summed E-state index contributed by atoms with van der Waals surface area (Å²) in [5.41, 5.74) is 5.80. The highest BCUT2D eigenvalue weighted by Crippen LogP contribution is 2.40. The van der Waals surface area contributed by atoms with Gasteiger partial charge in [-0.2, -0.15) is 9.36 Å². The minimum atomic E-state index is -1.26. The van der Waals surface area contributed by atoms with Crippen LogP contribution in [-0.4, -0.2) is 74.8 Å². The number of carboxylic acid groups (broad SMARTS) is 1. The van der Waals surface area contributed by atoms with Gasteiger partial charge < -0.3 is 21.4 Å². The SMILES string of the molecule is Nc1nc(/C(=N\O)C(=O)NC2C(=O)N3C(C(=O)O)=C(/C=C\c4csnn4)CSC23)ns1. The van der Waals surface area contributed by atoms with Crippen molar-refractivity contribution < 1.29 is 24.7 Å². The van der Waals surface area contributed by atoms with Crippen LogP contribution in [0, 0.1) is 0 Å². The monoisotopic (exact) mass is 480 g/mol. The lowest BCUT2D eigenvalue weighted by Gasteiger charge is -2.49. The lowest BCUT2D eigenvalue weighted by Crippen LogP contribution is -2.71. The fraction of sp³-hybridized carbons (Fsp3) is 0.200. The molecule has 2 atom stereocenters. The van der Waals surface area contributed by atoms with Gasteiger partial charge in [0.25, 0.3) is 11.8 Å². The molecule has 4 heterocycles. The molecule has 160 valence electrons. The molecule has 0 aromatic carbocycles. The molecule has 0 saturated carbocycles. The smallest absolute Gasteiger partial charge is 0.352 e. The number of thioether (sulfide) groups is 1. The van der Waals surface area contributed by atoms with Crippen molar-refractivity contribution in [3.8, 4) is 0 Å². The van der Waals surface area contributed by atoms with Crippen LogP contribution in [-0.2, 0) is 14.4 Å². The number of aromatic nitrogens is 4. The number of nitrogens with two attached hydrogens (primary N) is 1. The highest BCUT2D eigenvalue weighted by Gasteiger charge is 2.54. The molecule has 13 nitrogen and oxygen atoms in total. The van der Waals surface area contributed by atoms with Gasteiger partial charge in [-0.3, -0.25) is 14.5 Å². The molecule has 0 spiro atoms. The Balaban J connectivity index is 1.52. The van der Waals surface area contributed by atoms with Crippen molar-refractivity contribution in [1.29, 1.82) is 0 Å². The van der Waals surface area contributed by atoms with Crippen molar-refractivity contribution >= 4 is 69.5 Å². The Bertz CT molecular complexity index is 1140. The quantitative estimate of drug-likeness (QED) is 0.182. The Morgan fingerprint density at radius 3 is 2.81 bits per heavy atom. The Labute approximate surface area is 185 Å². The number of amides is 2. The number of nitrogens with zero attached hydrogens (tertiary/aromatic N) is 6. The molecule has 4 rings (SSSR count). The maximum absolute atomic E-state index is 12.7. The molecule has 0 bridgehead atoms. The molecule has 0 radical (unpaired) electrons. The van der Waals surface area contributed by atoms with Gasteiger partial charge in [-0.05, 0) is 23.2 Å². The molecular weight excluding hydrogens is 468 g/mol. The second-order valence-corrected chi connectivity index (χ2v) is 8.61. The van der Waals surface area contributed by atoms with Crippen LogP contribution in [0.2, 0.25) is 0 Å². The number of hydrogen-bond donors (Lipinski definition) is 4. The number of carbonyl (C=O) groups is 3. The summed E-state index contributed by atoms with van der Waals surface area (Å²) in [6.45, 7) is 0. The largest absolute Gasteiger partial charge is 0.477 e. The normalized spacial score (nSPS) is 21.2. The number of oxime groups is 1. The molecule has 5 N–H and O–H groups in total. The lowest BCUT2D eigenvalue weighted by molar-refractivity contribution is -0.150. The van der Waals surface area contributed by atoms with Gasteiger partial charge in [0.1, 0.15) is 17.1 Å². The zero-order valence-electron chi connectivity index (χ0n) is 15.2. The topological polar surface area (TPSA) is 197 Å². The molecule has 1 fully saturated rings. The van der Waals surface area contributed by atoms with Crippen molar-refractivity contribution in [2.24, 2.45) is 5.16 Å². The van der Waals surface area contributed by atoms with Crippen molar-refractivity contribution in [1.82, 2.24) is 29.2 Å². The average molecular weight is 481 g/mol. The predicted octanol–water partition coefficient (Wildman–Crippen LogP) is -0.398. The van der Waals surface area contributed by atoms with Gasteiger partial charge in [0.05, 0.1) is 5.69 Å². The first-order valence-electron chi connectivity index (χ1n) is 8.39. The van der Waals surface area contributed by atoms with E-state index in [0.29, 0.717) is 17.0 Å². The van der Waals surface area contributed by atoms with Crippen LogP contribution in [0.5, 0.6) is 0 Å². The van der Waals surface area contributed by atoms with E-state index in [9.17, 15) is 19.5 Å². The molecule has 1 saturated heterocycles. The highest BCUT2D eigenvalue weighted by atomic mass is 32.2. The number of nitrogen functional groups attached to an aromatic ring is 1. The van der Waals surface area contributed by atoms with Crippen LogP contribution in [0.1, 0.15) is 11.5 Å². The number of β-lactam (4-membered cyclic amide) rings is 1. The third kappa shape index (κ3) is 3.87. The summed E-state index contributed by atoms with van der Waals surface area (Å²) in [6, 6.07) is -1.01. The molecule has 2 amide bonds. The van der Waals surface area contributed by atoms with Gasteiger partial charge in [-0.1, -0.05) is 15.7 Å². The minimum absolute atomic E-state index is 0.0722. The van der Waals surface area contributed by atoms with Gasteiger partial charge in [-0.15, -0.1) is 16.9 Å². The highest BCUT2D eigenvalue weighted by molar-refractivity contribution is 8.00. The van der Waals surface area contributed by atoms with Crippen molar-refractivity contribution in [2.45, 2.75) is 11.4 Å². The van der Waals surface area contributed by atoms with E-state index in [1.54, 1.807) is 17.5 Å². The van der Waals surface area contributed by atoms with E-state index in [-0.39, 0.29) is 16.7 Å². The van der Waals surface area contributed by atoms with Gasteiger partial charge in [0, 0.05) is 22.7 Å². The minimum Gasteiger partial charge on any atom is -0.477 e. The van der Waals surface area contributed by atoms with Gasteiger partial charge in [-0.25, -0.2) is 4.79 Å². The number of nitrogens with one attached hydrogen (secondary N) is 1.